The molecule has 0 spiro atoms. The zero-order valence-electron chi connectivity index (χ0n) is 14.3. The number of aromatic nitrogens is 3. The van der Waals surface area contributed by atoms with Gasteiger partial charge in [-0.25, -0.2) is 18.1 Å². The van der Waals surface area contributed by atoms with Gasteiger partial charge in [-0.05, 0) is 24.8 Å². The van der Waals surface area contributed by atoms with Gasteiger partial charge in [-0.15, -0.1) is 0 Å². The lowest BCUT2D eigenvalue weighted by molar-refractivity contribution is 0.0787. The second-order valence-electron chi connectivity index (χ2n) is 6.57. The van der Waals surface area contributed by atoms with E-state index in [1.807, 2.05) is 13.8 Å². The second-order valence-corrected chi connectivity index (χ2v) is 8.28. The molecule has 1 aliphatic rings. The van der Waals surface area contributed by atoms with Crippen LogP contribution < -0.4 is 4.72 Å². The summed E-state index contributed by atoms with van der Waals surface area (Å²) in [5.74, 6) is 0.401. The number of nitrogens with one attached hydrogen (secondary N) is 3. The molecule has 1 atom stereocenters. The summed E-state index contributed by atoms with van der Waals surface area (Å²) in [4.78, 5) is 24.0. The SMILES string of the molecule is CC(C)[C@H](NS(=O)(=O)c1c[nH]c(C(=O)N2CCCC2)c1)c1ncc[nH]1. The average Bonchev–Trinajstić information content (AvgIpc) is 3.34. The summed E-state index contributed by atoms with van der Waals surface area (Å²) in [5, 5.41) is 0. The maximum atomic E-state index is 12.7. The van der Waals surface area contributed by atoms with E-state index >= 15 is 0 Å². The van der Waals surface area contributed by atoms with Crippen molar-refractivity contribution >= 4 is 15.9 Å². The van der Waals surface area contributed by atoms with Crippen molar-refractivity contribution in [1.82, 2.24) is 24.6 Å². The molecule has 3 N–H and O–H groups in total. The van der Waals surface area contributed by atoms with Crippen molar-refractivity contribution in [2.75, 3.05) is 13.1 Å². The lowest BCUT2D eigenvalue weighted by atomic mass is 10.1. The summed E-state index contributed by atoms with van der Waals surface area (Å²) in [7, 11) is -3.78. The van der Waals surface area contributed by atoms with Crippen molar-refractivity contribution in [1.29, 1.82) is 0 Å². The standard InChI is InChI=1S/C16H23N5O3S/c1-11(2)14(15-17-5-6-18-15)20-25(23,24)12-9-13(19-10-12)16(22)21-7-3-4-8-21/h5-6,9-11,14,19-20H,3-4,7-8H2,1-2H3,(H,17,18)/t14-/m0/s1. The van der Waals surface area contributed by atoms with E-state index in [1.165, 1.54) is 12.3 Å². The Kier molecular flexibility index (Phi) is 4.96. The number of carbonyl (C=O) groups is 1. The average molecular weight is 365 g/mol. The summed E-state index contributed by atoms with van der Waals surface area (Å²) < 4.78 is 28.1. The monoisotopic (exact) mass is 365 g/mol. The van der Waals surface area contributed by atoms with E-state index in [9.17, 15) is 13.2 Å². The lowest BCUT2D eigenvalue weighted by Crippen LogP contribution is -2.32. The molecule has 3 heterocycles. The largest absolute Gasteiger partial charge is 0.356 e. The predicted molar refractivity (Wildman–Crippen MR) is 92.4 cm³/mol. The number of amides is 1. The first-order chi connectivity index (χ1) is 11.9. The van der Waals surface area contributed by atoms with Crippen molar-refractivity contribution in [2.45, 2.75) is 37.6 Å². The predicted octanol–water partition coefficient (Wildman–Crippen LogP) is 1.65. The highest BCUT2D eigenvalue weighted by atomic mass is 32.2. The van der Waals surface area contributed by atoms with E-state index in [2.05, 4.69) is 19.7 Å². The molecular formula is C16H23N5O3S. The number of likely N-dealkylation sites (tertiary alicyclic amines) is 1. The first-order valence-electron chi connectivity index (χ1n) is 8.38. The molecule has 1 amide bonds. The molecule has 0 saturated carbocycles. The molecule has 0 unspecified atom stereocenters. The fraction of sp³-hybridized carbons (Fsp3) is 0.500. The smallest absolute Gasteiger partial charge is 0.270 e. The summed E-state index contributed by atoms with van der Waals surface area (Å²) >= 11 is 0. The number of hydrogen-bond acceptors (Lipinski definition) is 4. The fourth-order valence-electron chi connectivity index (χ4n) is 2.93. The van der Waals surface area contributed by atoms with Crippen LogP contribution >= 0.6 is 0 Å². The number of carbonyl (C=O) groups excluding carboxylic acids is 1. The third-order valence-corrected chi connectivity index (χ3v) is 5.77. The number of rotatable bonds is 6. The van der Waals surface area contributed by atoms with Crippen LogP contribution in [0.4, 0.5) is 0 Å². The Morgan fingerprint density at radius 3 is 2.60 bits per heavy atom. The maximum absolute atomic E-state index is 12.7. The zero-order chi connectivity index (χ0) is 18.0. The third-order valence-electron chi connectivity index (χ3n) is 4.35. The molecule has 3 rings (SSSR count). The van der Waals surface area contributed by atoms with Gasteiger partial charge in [0.15, 0.2) is 0 Å². The molecule has 8 nitrogen and oxygen atoms in total. The Balaban J connectivity index is 1.79. The molecule has 0 bridgehead atoms. The Labute approximate surface area is 147 Å². The van der Waals surface area contributed by atoms with Gasteiger partial charge in [0, 0.05) is 31.7 Å². The summed E-state index contributed by atoms with van der Waals surface area (Å²) in [6.07, 6.45) is 6.56. The Hall–Kier alpha value is -2.13. The van der Waals surface area contributed by atoms with Crippen LogP contribution in [-0.4, -0.2) is 47.3 Å². The minimum Gasteiger partial charge on any atom is -0.356 e. The number of nitrogens with zero attached hydrogens (tertiary/aromatic N) is 2. The van der Waals surface area contributed by atoms with Crippen molar-refractivity contribution in [3.8, 4) is 0 Å². The minimum atomic E-state index is -3.78. The summed E-state index contributed by atoms with van der Waals surface area (Å²) in [6, 6.07) is 0.912. The van der Waals surface area contributed by atoms with Gasteiger partial charge in [0.05, 0.1) is 6.04 Å². The second kappa shape index (κ2) is 7.01. The molecular weight excluding hydrogens is 342 g/mol. The van der Waals surface area contributed by atoms with Gasteiger partial charge in [0.1, 0.15) is 16.4 Å². The van der Waals surface area contributed by atoms with E-state index in [1.54, 1.807) is 17.3 Å². The Morgan fingerprint density at radius 2 is 2.00 bits per heavy atom. The molecule has 0 radical (unpaired) electrons. The van der Waals surface area contributed by atoms with Gasteiger partial charge in [-0.3, -0.25) is 4.79 Å². The zero-order valence-corrected chi connectivity index (χ0v) is 15.1. The molecule has 2 aromatic rings. The molecule has 0 aromatic carbocycles. The van der Waals surface area contributed by atoms with Crippen LogP contribution in [0.5, 0.6) is 0 Å². The first-order valence-corrected chi connectivity index (χ1v) is 9.86. The van der Waals surface area contributed by atoms with Crippen LogP contribution in [0.3, 0.4) is 0 Å². The van der Waals surface area contributed by atoms with Crippen LogP contribution in [0.25, 0.3) is 0 Å². The van der Waals surface area contributed by atoms with Crippen molar-refractivity contribution in [2.24, 2.45) is 5.92 Å². The quantitative estimate of drug-likeness (QED) is 0.723. The number of aromatic amines is 2. The molecule has 0 aliphatic carbocycles. The molecule has 1 saturated heterocycles. The van der Waals surface area contributed by atoms with Crippen molar-refractivity contribution < 1.29 is 13.2 Å². The van der Waals surface area contributed by atoms with Gasteiger partial charge < -0.3 is 14.9 Å². The van der Waals surface area contributed by atoms with Gasteiger partial charge >= 0.3 is 0 Å². The number of sulfonamides is 1. The Bertz CT molecular complexity index is 820. The van der Waals surface area contributed by atoms with E-state index in [0.717, 1.165) is 12.8 Å². The molecule has 1 aliphatic heterocycles. The van der Waals surface area contributed by atoms with Gasteiger partial charge in [0.25, 0.3) is 5.91 Å². The van der Waals surface area contributed by atoms with Gasteiger partial charge in [-0.2, -0.15) is 0 Å². The van der Waals surface area contributed by atoms with Crippen LogP contribution in [0, 0.1) is 5.92 Å². The van der Waals surface area contributed by atoms with E-state index in [4.69, 9.17) is 0 Å². The highest BCUT2D eigenvalue weighted by molar-refractivity contribution is 7.89. The lowest BCUT2D eigenvalue weighted by Gasteiger charge is -2.19. The third kappa shape index (κ3) is 3.77. The van der Waals surface area contributed by atoms with Crippen LogP contribution in [-0.2, 0) is 10.0 Å². The van der Waals surface area contributed by atoms with E-state index in [-0.39, 0.29) is 16.7 Å². The van der Waals surface area contributed by atoms with Gasteiger partial charge in [-0.1, -0.05) is 13.8 Å². The first kappa shape index (κ1) is 17.7. The van der Waals surface area contributed by atoms with Crippen LogP contribution in [0.2, 0.25) is 0 Å². The van der Waals surface area contributed by atoms with E-state index in [0.29, 0.717) is 24.6 Å². The van der Waals surface area contributed by atoms with Crippen molar-refractivity contribution in [3.05, 3.63) is 36.2 Å². The normalized spacial score (nSPS) is 16.5. The molecule has 2 aromatic heterocycles. The molecule has 25 heavy (non-hydrogen) atoms. The van der Waals surface area contributed by atoms with Crippen molar-refractivity contribution in [3.63, 3.8) is 0 Å². The topological polar surface area (TPSA) is 111 Å². The summed E-state index contributed by atoms with van der Waals surface area (Å²) in [5.41, 5.74) is 0.293. The number of hydrogen-bond donors (Lipinski definition) is 3. The summed E-state index contributed by atoms with van der Waals surface area (Å²) in [6.45, 7) is 5.25. The maximum Gasteiger partial charge on any atom is 0.270 e. The fourth-order valence-corrected chi connectivity index (χ4v) is 4.28. The van der Waals surface area contributed by atoms with Crippen LogP contribution in [0.15, 0.2) is 29.6 Å². The minimum absolute atomic E-state index is 0.00516. The highest BCUT2D eigenvalue weighted by Gasteiger charge is 2.28. The van der Waals surface area contributed by atoms with E-state index < -0.39 is 16.1 Å². The molecule has 9 heteroatoms. The molecule has 136 valence electrons. The van der Waals surface area contributed by atoms with Gasteiger partial charge in [0.2, 0.25) is 10.0 Å². The number of H-pyrrole nitrogens is 2. The highest BCUT2D eigenvalue weighted by Crippen LogP contribution is 2.22. The number of imidazole rings is 1. The molecule has 1 fully saturated rings. The Morgan fingerprint density at radius 1 is 1.28 bits per heavy atom. The van der Waals surface area contributed by atoms with Crippen LogP contribution in [0.1, 0.15) is 49.0 Å².